The normalized spacial score (nSPS) is 17.6. The maximum atomic E-state index is 2.62. The molecule has 0 bridgehead atoms. The molecule has 0 saturated carbocycles. The Hall–Kier alpha value is -2.16. The Labute approximate surface area is 149 Å². The average molecular weight is 328 g/mol. The third kappa shape index (κ3) is 2.57. The highest BCUT2D eigenvalue weighted by Crippen LogP contribution is 2.36. The van der Waals surface area contributed by atoms with E-state index in [0.717, 1.165) is 6.54 Å². The summed E-state index contributed by atoms with van der Waals surface area (Å²) in [7, 11) is 2.24. The van der Waals surface area contributed by atoms with Gasteiger partial charge in [-0.25, -0.2) is 0 Å². The molecule has 0 spiro atoms. The van der Waals surface area contributed by atoms with Crippen LogP contribution in [0.2, 0.25) is 0 Å². The van der Waals surface area contributed by atoms with Gasteiger partial charge >= 0.3 is 0 Å². The van der Waals surface area contributed by atoms with Crippen LogP contribution >= 0.6 is 0 Å². The van der Waals surface area contributed by atoms with Crippen molar-refractivity contribution in [2.75, 3.05) is 33.2 Å². The van der Waals surface area contributed by atoms with E-state index in [-0.39, 0.29) is 0 Å². The molecule has 2 nitrogen and oxygen atoms in total. The van der Waals surface area contributed by atoms with Crippen molar-refractivity contribution in [1.29, 1.82) is 0 Å². The fraction of sp³-hybridized carbons (Fsp3) is 0.304. The topological polar surface area (TPSA) is 6.48 Å². The van der Waals surface area contributed by atoms with Crippen molar-refractivity contribution in [3.63, 3.8) is 0 Å². The first-order valence-electron chi connectivity index (χ1n) is 9.36. The maximum absolute atomic E-state index is 2.62. The molecule has 1 aliphatic rings. The van der Waals surface area contributed by atoms with Crippen LogP contribution in [0.1, 0.15) is 12.0 Å². The molecule has 0 radical (unpaired) electrons. The first-order valence-corrected chi connectivity index (χ1v) is 9.36. The van der Waals surface area contributed by atoms with Gasteiger partial charge in [0.1, 0.15) is 0 Å². The van der Waals surface area contributed by atoms with Crippen LogP contribution < -0.4 is 0 Å². The Kier molecular flexibility index (Phi) is 3.61. The van der Waals surface area contributed by atoms with Crippen molar-refractivity contribution in [2.45, 2.75) is 13.0 Å². The molecule has 0 N–H and O–H groups in total. The van der Waals surface area contributed by atoms with Crippen molar-refractivity contribution >= 4 is 32.3 Å². The molecule has 1 fully saturated rings. The van der Waals surface area contributed by atoms with E-state index >= 15 is 0 Å². The van der Waals surface area contributed by atoms with Crippen LogP contribution in [0.15, 0.2) is 54.6 Å². The van der Waals surface area contributed by atoms with Crippen LogP contribution in [0.4, 0.5) is 0 Å². The van der Waals surface area contributed by atoms with E-state index in [0.29, 0.717) is 0 Å². The minimum absolute atomic E-state index is 1.06. The Morgan fingerprint density at radius 2 is 1.44 bits per heavy atom. The molecule has 1 saturated heterocycles. The van der Waals surface area contributed by atoms with Gasteiger partial charge < -0.3 is 4.90 Å². The molecular weight excluding hydrogens is 304 g/mol. The second-order valence-electron chi connectivity index (χ2n) is 7.51. The Morgan fingerprint density at radius 3 is 2.28 bits per heavy atom. The third-order valence-electron chi connectivity index (χ3n) is 5.83. The monoisotopic (exact) mass is 328 g/mol. The van der Waals surface area contributed by atoms with Gasteiger partial charge in [0.15, 0.2) is 0 Å². The first-order chi connectivity index (χ1) is 12.3. The van der Waals surface area contributed by atoms with E-state index in [1.807, 2.05) is 0 Å². The number of nitrogens with zero attached hydrogens (tertiary/aromatic N) is 2. The highest BCUT2D eigenvalue weighted by atomic mass is 15.2. The summed E-state index contributed by atoms with van der Waals surface area (Å²) in [6.45, 7) is 5.81. The van der Waals surface area contributed by atoms with Crippen LogP contribution in [0.5, 0.6) is 0 Å². The highest BCUT2D eigenvalue weighted by molar-refractivity contribution is 6.23. The summed E-state index contributed by atoms with van der Waals surface area (Å²) in [5, 5.41) is 8.36. The molecule has 1 aliphatic heterocycles. The lowest BCUT2D eigenvalue weighted by Gasteiger charge is -2.22. The van der Waals surface area contributed by atoms with Gasteiger partial charge in [-0.2, -0.15) is 0 Å². The molecule has 126 valence electrons. The number of benzene rings is 4. The molecule has 0 unspecified atom stereocenters. The van der Waals surface area contributed by atoms with Crippen LogP contribution in [0.25, 0.3) is 32.3 Å². The fourth-order valence-electron chi connectivity index (χ4n) is 4.43. The molecule has 0 atom stereocenters. The summed E-state index contributed by atoms with van der Waals surface area (Å²) in [6, 6.07) is 20.5. The zero-order valence-corrected chi connectivity index (χ0v) is 14.8. The van der Waals surface area contributed by atoms with Gasteiger partial charge in [0.2, 0.25) is 0 Å². The van der Waals surface area contributed by atoms with E-state index in [1.165, 1.54) is 70.5 Å². The summed E-state index contributed by atoms with van der Waals surface area (Å²) in [5.74, 6) is 0. The van der Waals surface area contributed by atoms with Crippen LogP contribution in [0, 0.1) is 0 Å². The predicted molar refractivity (Wildman–Crippen MR) is 108 cm³/mol. The number of rotatable bonds is 2. The van der Waals surface area contributed by atoms with Gasteiger partial charge in [-0.15, -0.1) is 0 Å². The molecule has 0 amide bonds. The predicted octanol–water partition coefficient (Wildman–Crippen LogP) is 4.72. The van der Waals surface area contributed by atoms with E-state index in [9.17, 15) is 0 Å². The maximum Gasteiger partial charge on any atom is 0.0240 e. The zero-order valence-electron chi connectivity index (χ0n) is 14.8. The van der Waals surface area contributed by atoms with Crippen molar-refractivity contribution in [1.82, 2.24) is 9.80 Å². The minimum Gasteiger partial charge on any atom is -0.305 e. The lowest BCUT2D eigenvalue weighted by molar-refractivity contribution is 0.270. The summed E-state index contributed by atoms with van der Waals surface area (Å²) < 4.78 is 0. The Morgan fingerprint density at radius 1 is 0.720 bits per heavy atom. The summed E-state index contributed by atoms with van der Waals surface area (Å²) in [5.41, 5.74) is 1.47. The van der Waals surface area contributed by atoms with E-state index in [1.54, 1.807) is 0 Å². The van der Waals surface area contributed by atoms with E-state index < -0.39 is 0 Å². The zero-order chi connectivity index (χ0) is 16.8. The standard InChI is InChI=1S/C23H24N2/c1-24-12-3-13-25(15-14-24)16-20-9-8-19-7-6-17-4-2-5-18-10-11-21(20)23(19)22(17)18/h2,4-11H,3,12-16H2,1H3. The lowest BCUT2D eigenvalue weighted by Crippen LogP contribution is -2.28. The van der Waals surface area contributed by atoms with E-state index in [2.05, 4.69) is 71.4 Å². The summed E-state index contributed by atoms with van der Waals surface area (Å²) >= 11 is 0. The summed E-state index contributed by atoms with van der Waals surface area (Å²) in [6.07, 6.45) is 1.27. The van der Waals surface area contributed by atoms with Gasteiger partial charge in [-0.05, 0) is 64.4 Å². The number of hydrogen-bond acceptors (Lipinski definition) is 2. The van der Waals surface area contributed by atoms with Gasteiger partial charge in [-0.3, -0.25) is 4.90 Å². The van der Waals surface area contributed by atoms with Gasteiger partial charge in [-0.1, -0.05) is 54.6 Å². The second-order valence-corrected chi connectivity index (χ2v) is 7.51. The summed E-state index contributed by atoms with van der Waals surface area (Å²) in [4.78, 5) is 5.07. The average Bonchev–Trinajstić information content (AvgIpc) is 2.85. The molecule has 0 aromatic heterocycles. The van der Waals surface area contributed by atoms with Crippen molar-refractivity contribution in [2.24, 2.45) is 0 Å². The molecule has 4 aromatic carbocycles. The molecule has 4 aromatic rings. The van der Waals surface area contributed by atoms with Crippen LogP contribution in [-0.4, -0.2) is 43.0 Å². The second kappa shape index (κ2) is 5.98. The van der Waals surface area contributed by atoms with Crippen molar-refractivity contribution in [3.8, 4) is 0 Å². The number of likely N-dealkylation sites (N-methyl/N-ethyl adjacent to an activating group) is 1. The molecule has 0 aliphatic carbocycles. The van der Waals surface area contributed by atoms with Crippen LogP contribution in [-0.2, 0) is 6.54 Å². The van der Waals surface area contributed by atoms with Gasteiger partial charge in [0.05, 0.1) is 0 Å². The third-order valence-corrected chi connectivity index (χ3v) is 5.83. The molecular formula is C23H24N2. The quantitative estimate of drug-likeness (QED) is 0.491. The van der Waals surface area contributed by atoms with Crippen LogP contribution in [0.3, 0.4) is 0 Å². The Balaban J connectivity index is 1.63. The SMILES string of the molecule is CN1CCCN(Cc2ccc3ccc4cccc5ccc2c3c45)CC1. The number of hydrogen-bond donors (Lipinski definition) is 0. The molecule has 1 heterocycles. The largest absolute Gasteiger partial charge is 0.305 e. The molecule has 5 rings (SSSR count). The lowest BCUT2D eigenvalue weighted by atomic mass is 9.92. The fourth-order valence-corrected chi connectivity index (χ4v) is 4.43. The molecule has 2 heteroatoms. The minimum atomic E-state index is 1.06. The Bertz CT molecular complexity index is 1020. The highest BCUT2D eigenvalue weighted by Gasteiger charge is 2.15. The van der Waals surface area contributed by atoms with Crippen molar-refractivity contribution < 1.29 is 0 Å². The van der Waals surface area contributed by atoms with Crippen molar-refractivity contribution in [3.05, 3.63) is 60.2 Å². The van der Waals surface area contributed by atoms with Gasteiger partial charge in [0, 0.05) is 19.6 Å². The molecule has 25 heavy (non-hydrogen) atoms. The van der Waals surface area contributed by atoms with E-state index in [4.69, 9.17) is 0 Å². The first kappa shape index (κ1) is 15.1. The smallest absolute Gasteiger partial charge is 0.0240 e. The van der Waals surface area contributed by atoms with Gasteiger partial charge in [0.25, 0.3) is 0 Å².